The number of phenolic OH excluding ortho intramolecular Hbond substituents is 1. The first-order valence-corrected chi connectivity index (χ1v) is 9.14. The summed E-state index contributed by atoms with van der Waals surface area (Å²) in [6.07, 6.45) is 0.349. The molecule has 3 aromatic rings. The van der Waals surface area contributed by atoms with E-state index in [1.807, 2.05) is 0 Å². The summed E-state index contributed by atoms with van der Waals surface area (Å²) in [6.45, 7) is 0. The molecule has 28 heavy (non-hydrogen) atoms. The number of hydrogen-bond donors (Lipinski definition) is 2. The highest BCUT2D eigenvalue weighted by molar-refractivity contribution is 6.32. The van der Waals surface area contributed by atoms with Gasteiger partial charge in [-0.25, -0.2) is 0 Å². The number of aldehydes is 1. The number of ether oxygens (including phenoxy) is 2. The highest BCUT2D eigenvalue weighted by Gasteiger charge is 2.58. The Kier molecular flexibility index (Phi) is 3.58. The van der Waals surface area contributed by atoms with E-state index in [-0.39, 0.29) is 10.8 Å². The average Bonchev–Trinajstić information content (AvgIpc) is 2.96. The molecule has 7 heteroatoms. The second kappa shape index (κ2) is 5.72. The molecular weight excluding hydrogens is 403 g/mol. The van der Waals surface area contributed by atoms with E-state index in [1.165, 1.54) is 12.1 Å². The van der Waals surface area contributed by atoms with Crippen molar-refractivity contribution in [1.29, 1.82) is 0 Å². The van der Waals surface area contributed by atoms with E-state index in [2.05, 4.69) is 0 Å². The third-order valence-electron chi connectivity index (χ3n) is 5.13. The van der Waals surface area contributed by atoms with Crippen LogP contribution >= 0.6 is 23.2 Å². The summed E-state index contributed by atoms with van der Waals surface area (Å²) in [5, 5.41) is 21.5. The van der Waals surface area contributed by atoms with E-state index in [0.29, 0.717) is 45.1 Å². The zero-order valence-electron chi connectivity index (χ0n) is 14.1. The van der Waals surface area contributed by atoms with Gasteiger partial charge in [-0.2, -0.15) is 0 Å². The lowest BCUT2D eigenvalue weighted by molar-refractivity contribution is -0.220. The van der Waals surface area contributed by atoms with E-state index in [9.17, 15) is 15.0 Å². The second-order valence-corrected chi connectivity index (χ2v) is 7.53. The highest BCUT2D eigenvalue weighted by atomic mass is 35.5. The lowest BCUT2D eigenvalue weighted by Gasteiger charge is -2.38. The molecule has 2 heterocycles. The van der Waals surface area contributed by atoms with Gasteiger partial charge in [0.15, 0.2) is 11.9 Å². The first-order valence-electron chi connectivity index (χ1n) is 8.39. The van der Waals surface area contributed by atoms with Gasteiger partial charge in [-0.3, -0.25) is 4.79 Å². The quantitative estimate of drug-likeness (QED) is 0.574. The van der Waals surface area contributed by atoms with Gasteiger partial charge >= 0.3 is 0 Å². The summed E-state index contributed by atoms with van der Waals surface area (Å²) in [6, 6.07) is 14.7. The molecule has 0 radical (unpaired) electrons. The SMILES string of the molecule is O=CC1(O)OC2(c3cc(Cl)ccc3Oc3cc(O)c(Cl)cc32)c2ccccc21. The first kappa shape index (κ1) is 17.5. The van der Waals surface area contributed by atoms with Gasteiger partial charge in [-0.15, -0.1) is 0 Å². The first-order chi connectivity index (χ1) is 13.4. The van der Waals surface area contributed by atoms with Crippen molar-refractivity contribution in [2.24, 2.45) is 0 Å². The van der Waals surface area contributed by atoms with Crippen LogP contribution in [-0.4, -0.2) is 16.5 Å². The van der Waals surface area contributed by atoms with E-state index >= 15 is 0 Å². The molecule has 0 saturated heterocycles. The lowest BCUT2D eigenvalue weighted by atomic mass is 9.77. The summed E-state index contributed by atoms with van der Waals surface area (Å²) in [5.41, 5.74) is 0.416. The van der Waals surface area contributed by atoms with Crippen molar-refractivity contribution in [3.63, 3.8) is 0 Å². The zero-order valence-corrected chi connectivity index (χ0v) is 15.7. The van der Waals surface area contributed by atoms with E-state index in [1.54, 1.807) is 42.5 Å². The molecule has 5 nitrogen and oxygen atoms in total. The highest BCUT2D eigenvalue weighted by Crippen LogP contribution is 2.60. The zero-order chi connectivity index (χ0) is 19.7. The number of fused-ring (bicyclic) bond motifs is 6. The summed E-state index contributed by atoms with van der Waals surface area (Å²) in [4.78, 5) is 11.8. The Balaban J connectivity index is 1.94. The molecule has 5 rings (SSSR count). The minimum atomic E-state index is -2.17. The van der Waals surface area contributed by atoms with Crippen molar-refractivity contribution in [2.75, 3.05) is 0 Å². The molecule has 2 atom stereocenters. The number of benzene rings is 3. The minimum absolute atomic E-state index is 0.0785. The lowest BCUT2D eigenvalue weighted by Crippen LogP contribution is -2.37. The number of carbonyl (C=O) groups excluding carboxylic acids is 1. The maximum atomic E-state index is 11.8. The van der Waals surface area contributed by atoms with Crippen molar-refractivity contribution in [3.8, 4) is 17.2 Å². The number of halogens is 2. The van der Waals surface area contributed by atoms with Crippen LogP contribution in [0.15, 0.2) is 54.6 Å². The Morgan fingerprint density at radius 2 is 1.61 bits per heavy atom. The number of phenols is 1. The summed E-state index contributed by atoms with van der Waals surface area (Å²) in [5.74, 6) is -1.62. The largest absolute Gasteiger partial charge is 0.506 e. The van der Waals surface area contributed by atoms with Gasteiger partial charge in [0, 0.05) is 33.3 Å². The molecule has 0 fully saturated rings. The van der Waals surface area contributed by atoms with Crippen LogP contribution in [0.25, 0.3) is 0 Å². The predicted molar refractivity (Wildman–Crippen MR) is 102 cm³/mol. The van der Waals surface area contributed by atoms with Gasteiger partial charge in [-0.1, -0.05) is 47.5 Å². The molecule has 2 aliphatic heterocycles. The van der Waals surface area contributed by atoms with Gasteiger partial charge in [0.2, 0.25) is 0 Å². The van der Waals surface area contributed by atoms with Crippen LogP contribution in [0.3, 0.4) is 0 Å². The van der Waals surface area contributed by atoms with Gasteiger partial charge in [0.05, 0.1) is 5.02 Å². The molecule has 0 saturated carbocycles. The summed E-state index contributed by atoms with van der Waals surface area (Å²) >= 11 is 12.4. The fraction of sp³-hybridized carbons (Fsp3) is 0.0952. The van der Waals surface area contributed by atoms with Crippen LogP contribution < -0.4 is 4.74 Å². The number of aliphatic hydroxyl groups is 1. The van der Waals surface area contributed by atoms with Crippen molar-refractivity contribution < 1.29 is 24.5 Å². The molecule has 2 N–H and O–H groups in total. The number of rotatable bonds is 1. The Hall–Kier alpha value is -2.57. The van der Waals surface area contributed by atoms with Gasteiger partial charge in [-0.05, 0) is 24.3 Å². The second-order valence-electron chi connectivity index (χ2n) is 6.69. The molecular formula is C21H12Cl2O5. The molecule has 0 aliphatic carbocycles. The van der Waals surface area contributed by atoms with Crippen molar-refractivity contribution in [1.82, 2.24) is 0 Å². The Labute approximate surface area is 169 Å². The van der Waals surface area contributed by atoms with Gasteiger partial charge in [0.25, 0.3) is 5.79 Å². The minimum Gasteiger partial charge on any atom is -0.506 e. The van der Waals surface area contributed by atoms with Crippen molar-refractivity contribution in [3.05, 3.63) is 86.9 Å². The van der Waals surface area contributed by atoms with E-state index in [4.69, 9.17) is 32.7 Å². The molecule has 2 aliphatic rings. The Morgan fingerprint density at radius 3 is 2.36 bits per heavy atom. The number of hydrogen-bond acceptors (Lipinski definition) is 5. The number of carbonyl (C=O) groups is 1. The standard InChI is InChI=1S/C21H12Cl2O5/c22-11-5-6-18-14(7-11)21(15-8-16(23)17(25)9-19(15)27-18)13-4-2-1-3-12(13)20(26,10-24)28-21/h1-10,25-26H. The summed E-state index contributed by atoms with van der Waals surface area (Å²) < 4.78 is 12.1. The molecule has 0 bridgehead atoms. The fourth-order valence-electron chi connectivity index (χ4n) is 3.97. The van der Waals surface area contributed by atoms with Crippen LogP contribution in [0.4, 0.5) is 0 Å². The maximum Gasteiger partial charge on any atom is 0.252 e. The topological polar surface area (TPSA) is 76.0 Å². The molecule has 0 amide bonds. The monoisotopic (exact) mass is 414 g/mol. The van der Waals surface area contributed by atoms with Gasteiger partial charge in [0.1, 0.15) is 17.2 Å². The van der Waals surface area contributed by atoms with E-state index in [0.717, 1.165) is 0 Å². The third kappa shape index (κ3) is 2.13. The third-order valence-corrected chi connectivity index (χ3v) is 5.67. The van der Waals surface area contributed by atoms with Crippen LogP contribution in [0.2, 0.25) is 10.0 Å². The van der Waals surface area contributed by atoms with Crippen LogP contribution in [-0.2, 0) is 20.9 Å². The fourth-order valence-corrected chi connectivity index (χ4v) is 4.30. The van der Waals surface area contributed by atoms with Crippen molar-refractivity contribution >= 4 is 29.5 Å². The smallest absolute Gasteiger partial charge is 0.252 e. The molecule has 0 aromatic heterocycles. The molecule has 140 valence electrons. The van der Waals surface area contributed by atoms with Crippen molar-refractivity contribution in [2.45, 2.75) is 11.4 Å². The van der Waals surface area contributed by atoms with Crippen LogP contribution in [0.1, 0.15) is 22.3 Å². The molecule has 2 unspecified atom stereocenters. The Morgan fingerprint density at radius 1 is 0.893 bits per heavy atom. The molecule has 3 aromatic carbocycles. The normalized spacial score (nSPS) is 24.2. The maximum absolute atomic E-state index is 11.8. The Bertz CT molecular complexity index is 1160. The van der Waals surface area contributed by atoms with Crippen LogP contribution in [0, 0.1) is 0 Å². The summed E-state index contributed by atoms with van der Waals surface area (Å²) in [7, 11) is 0. The van der Waals surface area contributed by atoms with E-state index < -0.39 is 11.4 Å². The average molecular weight is 415 g/mol. The molecule has 1 spiro atoms. The predicted octanol–water partition coefficient (Wildman–Crippen LogP) is 4.47. The van der Waals surface area contributed by atoms with Crippen LogP contribution in [0.5, 0.6) is 17.2 Å². The number of aromatic hydroxyl groups is 1. The van der Waals surface area contributed by atoms with Gasteiger partial charge < -0.3 is 19.7 Å².